The summed E-state index contributed by atoms with van der Waals surface area (Å²) in [6.45, 7) is 0.303. The number of nitrogens with zero attached hydrogens (tertiary/aromatic N) is 4. The van der Waals surface area contributed by atoms with Crippen LogP contribution in [0.4, 0.5) is 4.39 Å². The first-order valence-electron chi connectivity index (χ1n) is 9.24. The van der Waals surface area contributed by atoms with Gasteiger partial charge in [-0.2, -0.15) is 0 Å². The van der Waals surface area contributed by atoms with Crippen LogP contribution < -0.4 is 11.2 Å². The van der Waals surface area contributed by atoms with Crippen LogP contribution in [0.2, 0.25) is 10.0 Å². The molecule has 4 aromatic rings. The second-order valence-electron chi connectivity index (χ2n) is 6.98. The Morgan fingerprint density at radius 2 is 1.81 bits per heavy atom. The maximum absolute atomic E-state index is 14.2. The van der Waals surface area contributed by atoms with Gasteiger partial charge in [0.2, 0.25) is 0 Å². The number of fused-ring (bicyclic) bond motifs is 1. The first kappa shape index (κ1) is 21.7. The van der Waals surface area contributed by atoms with Gasteiger partial charge in [0.15, 0.2) is 16.3 Å². The molecule has 0 spiro atoms. The van der Waals surface area contributed by atoms with E-state index in [-0.39, 0.29) is 16.9 Å². The molecule has 0 bridgehead atoms. The van der Waals surface area contributed by atoms with Crippen molar-refractivity contribution in [2.24, 2.45) is 14.1 Å². The van der Waals surface area contributed by atoms with Crippen molar-refractivity contribution in [3.63, 3.8) is 0 Å². The molecule has 2 heterocycles. The summed E-state index contributed by atoms with van der Waals surface area (Å²) in [7, 11) is 2.98. The Bertz CT molecular complexity index is 1410. The molecule has 31 heavy (non-hydrogen) atoms. The number of halogens is 3. The fourth-order valence-corrected chi connectivity index (χ4v) is 4.86. The summed E-state index contributed by atoms with van der Waals surface area (Å²) in [4.78, 5) is 29.9. The van der Waals surface area contributed by atoms with E-state index in [1.54, 1.807) is 35.9 Å². The molecule has 160 valence electrons. The third-order valence-electron chi connectivity index (χ3n) is 4.95. The first-order valence-corrected chi connectivity index (χ1v) is 11.0. The highest BCUT2D eigenvalue weighted by atomic mass is 35.5. The van der Waals surface area contributed by atoms with Gasteiger partial charge in [0, 0.05) is 35.5 Å². The first-order chi connectivity index (χ1) is 14.8. The van der Waals surface area contributed by atoms with Gasteiger partial charge < -0.3 is 4.57 Å². The number of imidazole rings is 1. The number of benzene rings is 2. The third-order valence-corrected chi connectivity index (χ3v) is 6.54. The number of hydrogen-bond acceptors (Lipinski definition) is 4. The lowest BCUT2D eigenvalue weighted by Gasteiger charge is -2.10. The van der Waals surface area contributed by atoms with Gasteiger partial charge in [0.1, 0.15) is 5.82 Å². The maximum Gasteiger partial charge on any atom is 0.332 e. The molecule has 0 atom stereocenters. The van der Waals surface area contributed by atoms with Crippen molar-refractivity contribution in [1.29, 1.82) is 0 Å². The van der Waals surface area contributed by atoms with E-state index < -0.39 is 17.1 Å². The second kappa shape index (κ2) is 8.53. The van der Waals surface area contributed by atoms with Crippen molar-refractivity contribution in [2.75, 3.05) is 0 Å². The Balaban J connectivity index is 1.87. The molecule has 0 aliphatic rings. The smallest absolute Gasteiger partial charge is 0.309 e. The lowest BCUT2D eigenvalue weighted by atomic mass is 10.2. The quantitative estimate of drug-likeness (QED) is 0.403. The van der Waals surface area contributed by atoms with Crippen LogP contribution in [0.15, 0.2) is 57.2 Å². The van der Waals surface area contributed by atoms with E-state index in [9.17, 15) is 14.0 Å². The molecular weight excluding hydrogens is 462 g/mol. The molecule has 0 N–H and O–H groups in total. The minimum absolute atomic E-state index is 0.207. The van der Waals surface area contributed by atoms with Crippen molar-refractivity contribution < 1.29 is 4.39 Å². The topological polar surface area (TPSA) is 61.8 Å². The summed E-state index contributed by atoms with van der Waals surface area (Å²) >= 11 is 13.5. The molecule has 10 heteroatoms. The second-order valence-corrected chi connectivity index (χ2v) is 8.76. The molecule has 4 rings (SSSR count). The fraction of sp³-hybridized carbons (Fsp3) is 0.190. The zero-order valence-electron chi connectivity index (χ0n) is 16.6. The average Bonchev–Trinajstić information content (AvgIpc) is 3.08. The summed E-state index contributed by atoms with van der Waals surface area (Å²) in [5, 5.41) is 1.34. The van der Waals surface area contributed by atoms with Gasteiger partial charge in [0.25, 0.3) is 5.56 Å². The lowest BCUT2D eigenvalue weighted by molar-refractivity contribution is 0.617. The van der Waals surface area contributed by atoms with Gasteiger partial charge in [-0.05, 0) is 29.8 Å². The number of aromatic nitrogens is 4. The molecule has 0 saturated heterocycles. The summed E-state index contributed by atoms with van der Waals surface area (Å²) in [5.74, 6) is -0.209. The van der Waals surface area contributed by atoms with Crippen molar-refractivity contribution in [3.05, 3.63) is 90.3 Å². The molecule has 2 aromatic carbocycles. The Hall–Kier alpha value is -2.55. The average molecular weight is 479 g/mol. The van der Waals surface area contributed by atoms with Gasteiger partial charge in [-0.15, -0.1) is 0 Å². The zero-order valence-corrected chi connectivity index (χ0v) is 18.9. The highest BCUT2D eigenvalue weighted by Crippen LogP contribution is 2.30. The SMILES string of the molecule is Cn1c(=O)c2c(nc(SCc3c(F)cccc3Cl)n2Cc2cccc(Cl)c2)n(C)c1=O. The van der Waals surface area contributed by atoms with Crippen LogP contribution in [0.3, 0.4) is 0 Å². The number of rotatable bonds is 5. The Labute approximate surface area is 190 Å². The van der Waals surface area contributed by atoms with Crippen molar-refractivity contribution in [2.45, 2.75) is 17.5 Å². The van der Waals surface area contributed by atoms with Gasteiger partial charge in [0.05, 0.1) is 6.54 Å². The van der Waals surface area contributed by atoms with E-state index in [0.717, 1.165) is 10.1 Å². The highest BCUT2D eigenvalue weighted by molar-refractivity contribution is 7.98. The normalized spacial score (nSPS) is 11.4. The highest BCUT2D eigenvalue weighted by Gasteiger charge is 2.20. The zero-order chi connectivity index (χ0) is 22.3. The van der Waals surface area contributed by atoms with Gasteiger partial charge in [-0.3, -0.25) is 13.9 Å². The van der Waals surface area contributed by atoms with Gasteiger partial charge in [-0.1, -0.05) is 53.2 Å². The summed E-state index contributed by atoms with van der Waals surface area (Å²) in [6.07, 6.45) is 0. The molecule has 0 unspecified atom stereocenters. The van der Waals surface area contributed by atoms with Crippen LogP contribution in [0.5, 0.6) is 0 Å². The molecule has 2 aromatic heterocycles. The Kier molecular flexibility index (Phi) is 5.96. The van der Waals surface area contributed by atoms with Crippen molar-refractivity contribution >= 4 is 46.1 Å². The standard InChI is InChI=1S/C21H17Cl2FN4O2S/c1-26-18-17(19(29)27(2)21(26)30)28(10-12-5-3-6-13(22)9-12)20(25-18)31-11-14-15(23)7-4-8-16(14)24/h3-9H,10-11H2,1-2H3. The molecule has 0 aliphatic carbocycles. The third kappa shape index (κ3) is 4.03. The van der Waals surface area contributed by atoms with Crippen molar-refractivity contribution in [3.8, 4) is 0 Å². The van der Waals surface area contributed by atoms with Crippen LogP contribution in [0, 0.1) is 5.82 Å². The molecular formula is C21H17Cl2FN4O2S. The van der Waals surface area contributed by atoms with E-state index in [0.29, 0.717) is 27.3 Å². The predicted molar refractivity (Wildman–Crippen MR) is 122 cm³/mol. The van der Waals surface area contributed by atoms with Crippen molar-refractivity contribution in [1.82, 2.24) is 18.7 Å². The summed E-state index contributed by atoms with van der Waals surface area (Å²) < 4.78 is 18.3. The molecule has 0 radical (unpaired) electrons. The predicted octanol–water partition coefficient (Wildman–Crippen LogP) is 4.22. The summed E-state index contributed by atoms with van der Waals surface area (Å²) in [6, 6.07) is 11.8. The summed E-state index contributed by atoms with van der Waals surface area (Å²) in [5.41, 5.74) is 0.816. The minimum Gasteiger partial charge on any atom is -0.309 e. The van der Waals surface area contributed by atoms with Crippen LogP contribution in [0.25, 0.3) is 11.2 Å². The molecule has 6 nitrogen and oxygen atoms in total. The van der Waals surface area contributed by atoms with E-state index in [1.165, 1.54) is 29.4 Å². The lowest BCUT2D eigenvalue weighted by Crippen LogP contribution is -2.37. The van der Waals surface area contributed by atoms with Gasteiger partial charge in [-0.25, -0.2) is 14.2 Å². The fourth-order valence-electron chi connectivity index (χ4n) is 3.31. The monoisotopic (exact) mass is 478 g/mol. The molecule has 0 amide bonds. The Morgan fingerprint density at radius 1 is 1.06 bits per heavy atom. The number of aryl methyl sites for hydroxylation is 1. The van der Waals surface area contributed by atoms with E-state index in [4.69, 9.17) is 23.2 Å². The molecule has 0 aliphatic heterocycles. The number of thioether (sulfide) groups is 1. The van der Waals surface area contributed by atoms with Crippen LogP contribution in [-0.4, -0.2) is 18.7 Å². The van der Waals surface area contributed by atoms with Crippen LogP contribution >= 0.6 is 35.0 Å². The van der Waals surface area contributed by atoms with Crippen LogP contribution in [-0.2, 0) is 26.4 Å². The molecule has 0 fully saturated rings. The van der Waals surface area contributed by atoms with Crippen LogP contribution in [0.1, 0.15) is 11.1 Å². The van der Waals surface area contributed by atoms with Gasteiger partial charge >= 0.3 is 5.69 Å². The van der Waals surface area contributed by atoms with E-state index in [2.05, 4.69) is 4.98 Å². The largest absolute Gasteiger partial charge is 0.332 e. The minimum atomic E-state index is -0.474. The van der Waals surface area contributed by atoms with E-state index >= 15 is 0 Å². The Morgan fingerprint density at radius 3 is 2.52 bits per heavy atom. The van der Waals surface area contributed by atoms with E-state index in [1.807, 2.05) is 12.1 Å². The molecule has 0 saturated carbocycles. The maximum atomic E-state index is 14.2. The number of hydrogen-bond donors (Lipinski definition) is 0.